The summed E-state index contributed by atoms with van der Waals surface area (Å²) in [5.41, 5.74) is 2.74. The molecule has 0 aliphatic carbocycles. The molecular weight excluding hydrogens is 455 g/mol. The lowest BCUT2D eigenvalue weighted by Gasteiger charge is -2.26. The third kappa shape index (κ3) is 4.48. The third-order valence-corrected chi connectivity index (χ3v) is 5.98. The molecule has 186 valence electrons. The zero-order valence-corrected chi connectivity index (χ0v) is 20.7. The molecule has 1 N–H and O–H groups in total. The number of fused-ring (bicyclic) bond motifs is 2. The van der Waals surface area contributed by atoms with E-state index in [1.54, 1.807) is 27.0 Å². The van der Waals surface area contributed by atoms with Crippen molar-refractivity contribution in [1.29, 1.82) is 0 Å². The number of pyridine rings is 1. The first kappa shape index (κ1) is 24.7. The number of benzene rings is 1. The minimum Gasteiger partial charge on any atom is -0.490 e. The first-order chi connectivity index (χ1) is 16.4. The van der Waals surface area contributed by atoms with Gasteiger partial charge in [0.05, 0.1) is 30.4 Å². The SMILES string of the molecule is COC(=O)[C@@H](OC(C)(C)C)c1c(C(=O)O)nn2cc(C)cc(-c3cc(F)c4c(c3C)CCCO4)c12. The Labute approximate surface area is 202 Å². The Morgan fingerprint density at radius 1 is 1.23 bits per heavy atom. The van der Waals surface area contributed by atoms with Gasteiger partial charge < -0.3 is 19.3 Å². The van der Waals surface area contributed by atoms with Crippen molar-refractivity contribution in [3.8, 4) is 16.9 Å². The fourth-order valence-electron chi connectivity index (χ4n) is 4.57. The number of carbonyl (C=O) groups excluding carboxylic acids is 1. The largest absolute Gasteiger partial charge is 0.490 e. The van der Waals surface area contributed by atoms with Crippen LogP contribution in [0, 0.1) is 19.7 Å². The molecule has 35 heavy (non-hydrogen) atoms. The van der Waals surface area contributed by atoms with Crippen LogP contribution in [0.2, 0.25) is 0 Å². The van der Waals surface area contributed by atoms with Crippen LogP contribution in [0.3, 0.4) is 0 Å². The van der Waals surface area contributed by atoms with E-state index in [4.69, 9.17) is 14.2 Å². The average Bonchev–Trinajstić information content (AvgIpc) is 3.17. The second kappa shape index (κ2) is 8.96. The van der Waals surface area contributed by atoms with Crippen molar-refractivity contribution in [2.24, 2.45) is 0 Å². The van der Waals surface area contributed by atoms with Crippen molar-refractivity contribution in [3.05, 3.63) is 52.1 Å². The van der Waals surface area contributed by atoms with Gasteiger partial charge >= 0.3 is 11.9 Å². The summed E-state index contributed by atoms with van der Waals surface area (Å²) in [6.45, 7) is 9.44. The molecule has 1 atom stereocenters. The Bertz CT molecular complexity index is 1340. The summed E-state index contributed by atoms with van der Waals surface area (Å²) in [4.78, 5) is 25.1. The standard InChI is InChI=1S/C26H29FN2O6/c1-13-10-17(16-11-18(27)22-15(14(16)2)8-7-9-34-22)21-19(20(24(30)31)28-29(21)12-13)23(25(32)33-6)35-26(3,4)5/h10-12,23H,7-9H2,1-6H3,(H,30,31)/t23-/m0/s1. The van der Waals surface area contributed by atoms with E-state index >= 15 is 4.39 Å². The fraction of sp³-hybridized carbons (Fsp3) is 0.423. The van der Waals surface area contributed by atoms with E-state index in [0.717, 1.165) is 23.1 Å². The molecule has 3 aromatic rings. The highest BCUT2D eigenvalue weighted by Crippen LogP contribution is 2.42. The number of carbonyl (C=O) groups is 2. The number of carboxylic acid groups (broad SMARTS) is 1. The quantitative estimate of drug-likeness (QED) is 0.519. The van der Waals surface area contributed by atoms with Gasteiger partial charge in [0.15, 0.2) is 23.4 Å². The minimum absolute atomic E-state index is 0.0584. The molecule has 4 rings (SSSR count). The summed E-state index contributed by atoms with van der Waals surface area (Å²) in [7, 11) is 1.21. The van der Waals surface area contributed by atoms with Crippen LogP contribution in [0.5, 0.6) is 5.75 Å². The number of esters is 1. The van der Waals surface area contributed by atoms with Gasteiger partial charge in [-0.05, 0) is 76.3 Å². The van der Waals surface area contributed by atoms with E-state index in [2.05, 4.69) is 5.10 Å². The van der Waals surface area contributed by atoms with Crippen molar-refractivity contribution in [3.63, 3.8) is 0 Å². The van der Waals surface area contributed by atoms with Crippen molar-refractivity contribution in [1.82, 2.24) is 9.61 Å². The van der Waals surface area contributed by atoms with E-state index < -0.39 is 29.5 Å². The van der Waals surface area contributed by atoms with Gasteiger partial charge in [0, 0.05) is 17.3 Å². The van der Waals surface area contributed by atoms with Gasteiger partial charge in [0.25, 0.3) is 0 Å². The van der Waals surface area contributed by atoms with E-state index in [9.17, 15) is 14.7 Å². The number of aromatic nitrogens is 2. The molecule has 9 heteroatoms. The first-order valence-electron chi connectivity index (χ1n) is 11.4. The van der Waals surface area contributed by atoms with Crippen LogP contribution >= 0.6 is 0 Å². The second-order valence-electron chi connectivity index (χ2n) is 9.72. The molecule has 0 saturated carbocycles. The number of hydrogen-bond donors (Lipinski definition) is 1. The van der Waals surface area contributed by atoms with Gasteiger partial charge in [-0.25, -0.2) is 18.5 Å². The van der Waals surface area contributed by atoms with Crippen molar-refractivity contribution >= 4 is 17.5 Å². The second-order valence-corrected chi connectivity index (χ2v) is 9.72. The number of halogens is 1. The minimum atomic E-state index is -1.36. The number of hydrogen-bond acceptors (Lipinski definition) is 6. The summed E-state index contributed by atoms with van der Waals surface area (Å²) in [6.07, 6.45) is 1.73. The molecule has 1 aliphatic rings. The molecule has 2 aromatic heterocycles. The van der Waals surface area contributed by atoms with Crippen LogP contribution in [0.1, 0.15) is 66.0 Å². The maximum atomic E-state index is 15.2. The number of methoxy groups -OCH3 is 1. The topological polar surface area (TPSA) is 99.4 Å². The summed E-state index contributed by atoms with van der Waals surface area (Å²) in [6, 6.07) is 3.22. The normalized spacial score (nSPS) is 14.4. The molecule has 8 nitrogen and oxygen atoms in total. The van der Waals surface area contributed by atoms with Gasteiger partial charge in [-0.3, -0.25) is 0 Å². The van der Waals surface area contributed by atoms with Gasteiger partial charge in [-0.2, -0.15) is 5.10 Å². The first-order valence-corrected chi connectivity index (χ1v) is 11.4. The molecule has 1 aliphatic heterocycles. The highest BCUT2D eigenvalue weighted by Gasteiger charge is 2.37. The van der Waals surface area contributed by atoms with Crippen LogP contribution in [0.4, 0.5) is 4.39 Å². The Morgan fingerprint density at radius 2 is 1.94 bits per heavy atom. The predicted molar refractivity (Wildman–Crippen MR) is 126 cm³/mol. The van der Waals surface area contributed by atoms with Crippen LogP contribution in [-0.4, -0.2) is 46.0 Å². The van der Waals surface area contributed by atoms with E-state index in [1.165, 1.54) is 17.7 Å². The Kier molecular flexibility index (Phi) is 6.31. The predicted octanol–water partition coefficient (Wildman–Crippen LogP) is 4.81. The van der Waals surface area contributed by atoms with Crippen LogP contribution in [0.25, 0.3) is 16.6 Å². The summed E-state index contributed by atoms with van der Waals surface area (Å²) < 4.78 is 33.2. The van der Waals surface area contributed by atoms with E-state index in [1.807, 2.05) is 19.9 Å². The van der Waals surface area contributed by atoms with Gasteiger partial charge in [0.1, 0.15) is 0 Å². The van der Waals surface area contributed by atoms with E-state index in [-0.39, 0.29) is 17.0 Å². The van der Waals surface area contributed by atoms with Crippen LogP contribution in [0.15, 0.2) is 18.3 Å². The maximum absolute atomic E-state index is 15.2. The molecular formula is C26H29FN2O6. The zero-order valence-electron chi connectivity index (χ0n) is 20.7. The number of rotatable bonds is 5. The highest BCUT2D eigenvalue weighted by molar-refractivity contribution is 5.98. The maximum Gasteiger partial charge on any atom is 0.356 e. The molecule has 0 fully saturated rings. The molecule has 1 aromatic carbocycles. The lowest BCUT2D eigenvalue weighted by atomic mass is 9.90. The Balaban J connectivity index is 2.10. The van der Waals surface area contributed by atoms with Crippen molar-refractivity contribution in [2.45, 2.75) is 59.2 Å². The Morgan fingerprint density at radius 3 is 2.57 bits per heavy atom. The molecule has 0 unspecified atom stereocenters. The smallest absolute Gasteiger partial charge is 0.356 e. The monoisotopic (exact) mass is 484 g/mol. The fourth-order valence-corrected chi connectivity index (χ4v) is 4.57. The molecule has 3 heterocycles. The average molecular weight is 485 g/mol. The lowest BCUT2D eigenvalue weighted by molar-refractivity contribution is -0.164. The molecule has 0 saturated heterocycles. The highest BCUT2D eigenvalue weighted by atomic mass is 19.1. The summed E-state index contributed by atoms with van der Waals surface area (Å²) in [5, 5.41) is 14.3. The van der Waals surface area contributed by atoms with Gasteiger partial charge in [-0.15, -0.1) is 0 Å². The van der Waals surface area contributed by atoms with Gasteiger partial charge in [-0.1, -0.05) is 0 Å². The number of aryl methyl sites for hydroxylation is 1. The molecule has 0 spiro atoms. The van der Waals surface area contributed by atoms with Crippen LogP contribution in [-0.2, 0) is 20.7 Å². The summed E-state index contributed by atoms with van der Waals surface area (Å²) in [5.74, 6) is -2.31. The number of aromatic carboxylic acids is 1. The third-order valence-electron chi connectivity index (χ3n) is 5.98. The zero-order chi connectivity index (χ0) is 25.7. The van der Waals surface area contributed by atoms with Gasteiger partial charge in [0.2, 0.25) is 0 Å². The lowest BCUT2D eigenvalue weighted by Crippen LogP contribution is -2.29. The van der Waals surface area contributed by atoms with Crippen molar-refractivity contribution < 1.29 is 33.3 Å². The molecule has 0 radical (unpaired) electrons. The number of carboxylic acids is 1. The number of nitrogens with zero attached hydrogens (tertiary/aromatic N) is 2. The van der Waals surface area contributed by atoms with Crippen LogP contribution < -0.4 is 4.74 Å². The summed E-state index contributed by atoms with van der Waals surface area (Å²) >= 11 is 0. The Hall–Kier alpha value is -3.46. The van der Waals surface area contributed by atoms with Crippen molar-refractivity contribution in [2.75, 3.05) is 13.7 Å². The van der Waals surface area contributed by atoms with E-state index in [0.29, 0.717) is 29.7 Å². The number of ether oxygens (including phenoxy) is 3. The molecule has 0 bridgehead atoms. The molecule has 0 amide bonds.